The van der Waals surface area contributed by atoms with E-state index < -0.39 is 11.6 Å². The van der Waals surface area contributed by atoms with E-state index in [0.29, 0.717) is 28.8 Å². The molecule has 3 nitrogen and oxygen atoms in total. The van der Waals surface area contributed by atoms with E-state index in [1.165, 1.54) is 12.3 Å². The quantitative estimate of drug-likeness (QED) is 0.878. The molecular weight excluding hydrogens is 306 g/mol. The molecule has 96 valence electrons. The maximum Gasteiger partial charge on any atom is 0.137 e. The summed E-state index contributed by atoms with van der Waals surface area (Å²) in [7, 11) is 1.57. The van der Waals surface area contributed by atoms with Gasteiger partial charge < -0.3 is 10.1 Å². The molecular formula is C12H11BrF2N2O. The number of rotatable bonds is 4. The predicted molar refractivity (Wildman–Crippen MR) is 69.7 cm³/mol. The van der Waals surface area contributed by atoms with Gasteiger partial charge in [0.1, 0.15) is 17.5 Å². The highest BCUT2D eigenvalue weighted by atomic mass is 79.9. The lowest BCUT2D eigenvalue weighted by atomic mass is 10.1. The maximum atomic E-state index is 13.8. The van der Waals surface area contributed by atoms with Gasteiger partial charge in [0.05, 0.1) is 12.0 Å². The molecule has 6 heteroatoms. The smallest absolute Gasteiger partial charge is 0.137 e. The topological polar surface area (TPSA) is 34.1 Å². The zero-order chi connectivity index (χ0) is 13.1. The van der Waals surface area contributed by atoms with E-state index in [9.17, 15) is 8.78 Å². The van der Waals surface area contributed by atoms with E-state index in [2.05, 4.69) is 26.2 Å². The molecule has 0 saturated carbocycles. The number of ether oxygens (including phenoxy) is 1. The van der Waals surface area contributed by atoms with Crippen LogP contribution >= 0.6 is 15.9 Å². The lowest BCUT2D eigenvalue weighted by Gasteiger charge is -2.10. The number of anilines is 1. The zero-order valence-corrected chi connectivity index (χ0v) is 11.2. The molecule has 1 aromatic carbocycles. The van der Waals surface area contributed by atoms with Gasteiger partial charge in [0, 0.05) is 35.8 Å². The molecule has 2 aromatic rings. The van der Waals surface area contributed by atoms with Gasteiger partial charge in [0.15, 0.2) is 0 Å². The fourth-order valence-electron chi connectivity index (χ4n) is 1.66. The number of hydrogen-bond acceptors (Lipinski definition) is 3. The van der Waals surface area contributed by atoms with Crippen molar-refractivity contribution in [3.05, 3.63) is 34.4 Å². The van der Waals surface area contributed by atoms with Crippen molar-refractivity contribution in [1.29, 1.82) is 0 Å². The largest absolute Gasteiger partial charge is 0.383 e. The van der Waals surface area contributed by atoms with Gasteiger partial charge in [-0.05, 0) is 22.0 Å². The van der Waals surface area contributed by atoms with Crippen LogP contribution in [0.25, 0.3) is 10.8 Å². The third kappa shape index (κ3) is 2.59. The summed E-state index contributed by atoms with van der Waals surface area (Å²) in [5.41, 5.74) is 0. The van der Waals surface area contributed by atoms with Crippen molar-refractivity contribution >= 4 is 32.5 Å². The van der Waals surface area contributed by atoms with E-state index in [0.717, 1.165) is 6.07 Å². The molecule has 0 aliphatic carbocycles. The lowest BCUT2D eigenvalue weighted by molar-refractivity contribution is 0.210. The van der Waals surface area contributed by atoms with Crippen LogP contribution in [-0.2, 0) is 4.74 Å². The third-order valence-electron chi connectivity index (χ3n) is 2.45. The molecule has 0 spiro atoms. The lowest BCUT2D eigenvalue weighted by Crippen LogP contribution is -2.09. The molecule has 1 aromatic heterocycles. The van der Waals surface area contributed by atoms with Crippen molar-refractivity contribution in [2.75, 3.05) is 25.6 Å². The molecule has 0 radical (unpaired) electrons. The van der Waals surface area contributed by atoms with Crippen molar-refractivity contribution in [1.82, 2.24) is 4.98 Å². The van der Waals surface area contributed by atoms with Crippen molar-refractivity contribution in [2.45, 2.75) is 0 Å². The van der Waals surface area contributed by atoms with Gasteiger partial charge in [0.2, 0.25) is 0 Å². The van der Waals surface area contributed by atoms with Crippen LogP contribution < -0.4 is 5.32 Å². The number of methoxy groups -OCH3 is 1. The van der Waals surface area contributed by atoms with Gasteiger partial charge in [-0.1, -0.05) is 0 Å². The summed E-state index contributed by atoms with van der Waals surface area (Å²) in [5.74, 6) is -0.879. The molecule has 0 bridgehead atoms. The summed E-state index contributed by atoms with van der Waals surface area (Å²) in [5, 5.41) is 3.67. The Hall–Kier alpha value is -1.27. The molecule has 0 fully saturated rings. The normalized spacial score (nSPS) is 10.9. The molecule has 0 unspecified atom stereocenters. The molecule has 0 aliphatic rings. The second-order valence-electron chi connectivity index (χ2n) is 3.68. The van der Waals surface area contributed by atoms with Crippen molar-refractivity contribution in [2.24, 2.45) is 0 Å². The van der Waals surface area contributed by atoms with E-state index in [1.54, 1.807) is 7.11 Å². The minimum atomic E-state index is -0.640. The molecule has 1 N–H and O–H groups in total. The fourth-order valence-corrected chi connectivity index (χ4v) is 2.08. The molecule has 0 amide bonds. The first-order chi connectivity index (χ1) is 8.63. The Morgan fingerprint density at radius 2 is 2.17 bits per heavy atom. The Balaban J connectivity index is 2.51. The van der Waals surface area contributed by atoms with Crippen molar-refractivity contribution in [3.8, 4) is 0 Å². The standard InChI is InChI=1S/C12H11BrF2N2O/c1-18-3-2-16-12-11-8(9(13)6-17-12)4-7(14)5-10(11)15/h4-6H,2-3H2,1H3,(H,16,17). The van der Waals surface area contributed by atoms with Crippen LogP contribution in [0.4, 0.5) is 14.6 Å². The minimum Gasteiger partial charge on any atom is -0.383 e. The minimum absolute atomic E-state index is 0.266. The number of halogens is 3. The highest BCUT2D eigenvalue weighted by Gasteiger charge is 2.12. The molecule has 18 heavy (non-hydrogen) atoms. The summed E-state index contributed by atoms with van der Waals surface area (Å²) in [4.78, 5) is 4.09. The first-order valence-corrected chi connectivity index (χ1v) is 6.09. The van der Waals surface area contributed by atoms with Crippen LogP contribution in [0, 0.1) is 11.6 Å². The van der Waals surface area contributed by atoms with Crippen LogP contribution in [0.3, 0.4) is 0 Å². The van der Waals surface area contributed by atoms with Crippen LogP contribution in [0.15, 0.2) is 22.8 Å². The second-order valence-corrected chi connectivity index (χ2v) is 4.54. The number of pyridine rings is 1. The highest BCUT2D eigenvalue weighted by molar-refractivity contribution is 9.10. The number of nitrogens with one attached hydrogen (secondary N) is 1. The van der Waals surface area contributed by atoms with E-state index >= 15 is 0 Å². The van der Waals surface area contributed by atoms with E-state index in [4.69, 9.17) is 4.74 Å². The number of fused-ring (bicyclic) bond motifs is 1. The maximum absolute atomic E-state index is 13.8. The Morgan fingerprint density at radius 3 is 2.89 bits per heavy atom. The number of aromatic nitrogens is 1. The summed E-state index contributed by atoms with van der Waals surface area (Å²) in [6, 6.07) is 2.11. The summed E-state index contributed by atoms with van der Waals surface area (Å²) in [6.07, 6.45) is 1.51. The number of hydrogen-bond donors (Lipinski definition) is 1. The number of benzene rings is 1. The SMILES string of the molecule is COCCNc1ncc(Br)c2cc(F)cc(F)c12. The van der Waals surface area contributed by atoms with Crippen molar-refractivity contribution in [3.63, 3.8) is 0 Å². The van der Waals surface area contributed by atoms with Crippen LogP contribution in [-0.4, -0.2) is 25.2 Å². The van der Waals surface area contributed by atoms with E-state index in [-0.39, 0.29) is 5.39 Å². The Bertz CT molecular complexity index is 577. The van der Waals surface area contributed by atoms with Gasteiger partial charge in [-0.25, -0.2) is 13.8 Å². The van der Waals surface area contributed by atoms with Gasteiger partial charge in [-0.3, -0.25) is 0 Å². The van der Waals surface area contributed by atoms with Crippen LogP contribution in [0.2, 0.25) is 0 Å². The molecule has 0 saturated heterocycles. The van der Waals surface area contributed by atoms with Gasteiger partial charge >= 0.3 is 0 Å². The van der Waals surface area contributed by atoms with E-state index in [1.807, 2.05) is 0 Å². The average molecular weight is 317 g/mol. The Labute approximate surface area is 111 Å². The fraction of sp³-hybridized carbons (Fsp3) is 0.250. The summed E-state index contributed by atoms with van der Waals surface area (Å²) < 4.78 is 32.5. The second kappa shape index (κ2) is 5.58. The first kappa shape index (κ1) is 13.2. The zero-order valence-electron chi connectivity index (χ0n) is 9.64. The van der Waals surface area contributed by atoms with Crippen LogP contribution in [0.5, 0.6) is 0 Å². The summed E-state index contributed by atoms with van der Waals surface area (Å²) in [6.45, 7) is 0.971. The third-order valence-corrected chi connectivity index (χ3v) is 3.09. The first-order valence-electron chi connectivity index (χ1n) is 5.29. The number of nitrogens with zero attached hydrogens (tertiary/aromatic N) is 1. The van der Waals surface area contributed by atoms with Crippen molar-refractivity contribution < 1.29 is 13.5 Å². The van der Waals surface area contributed by atoms with Gasteiger partial charge in [0.25, 0.3) is 0 Å². The molecule has 1 heterocycles. The van der Waals surface area contributed by atoms with Gasteiger partial charge in [-0.15, -0.1) is 0 Å². The Morgan fingerprint density at radius 1 is 1.39 bits per heavy atom. The molecule has 0 atom stereocenters. The average Bonchev–Trinajstić information content (AvgIpc) is 2.32. The van der Waals surface area contributed by atoms with Crippen LogP contribution in [0.1, 0.15) is 0 Å². The van der Waals surface area contributed by atoms with Gasteiger partial charge in [-0.2, -0.15) is 0 Å². The summed E-state index contributed by atoms with van der Waals surface area (Å²) >= 11 is 3.23. The highest BCUT2D eigenvalue weighted by Crippen LogP contribution is 2.30. The molecule has 2 rings (SSSR count). The predicted octanol–water partition coefficient (Wildman–Crippen LogP) is 3.33. The molecule has 0 aliphatic heterocycles. The monoisotopic (exact) mass is 316 g/mol. The Kier molecular flexibility index (Phi) is 4.08.